The van der Waals surface area contributed by atoms with Gasteiger partial charge in [-0.25, -0.2) is 0 Å². The van der Waals surface area contributed by atoms with Gasteiger partial charge < -0.3 is 20.3 Å². The summed E-state index contributed by atoms with van der Waals surface area (Å²) in [4.78, 5) is 18.1. The molecule has 0 aromatic heterocycles. The number of likely N-dealkylation sites (N-methyl/N-ethyl adjacent to an activating group) is 1. The summed E-state index contributed by atoms with van der Waals surface area (Å²) >= 11 is 0. The molecule has 132 valence electrons. The van der Waals surface area contributed by atoms with Gasteiger partial charge in [-0.15, -0.1) is 24.0 Å². The van der Waals surface area contributed by atoms with Crippen molar-refractivity contribution in [2.75, 3.05) is 33.3 Å². The number of carbonyl (C=O) groups excluding carboxylic acids is 1. The SMILES string of the molecule is CN1CCN=C1NCCc1ccc(OCC(=O)NC2CC2)cc1.I. The van der Waals surface area contributed by atoms with Gasteiger partial charge in [0.25, 0.3) is 5.91 Å². The molecule has 1 fully saturated rings. The number of carbonyl (C=O) groups is 1. The highest BCUT2D eigenvalue weighted by Gasteiger charge is 2.23. The van der Waals surface area contributed by atoms with E-state index in [0.29, 0.717) is 6.04 Å². The van der Waals surface area contributed by atoms with Crippen molar-refractivity contribution in [3.8, 4) is 5.75 Å². The Morgan fingerprint density at radius 2 is 2.08 bits per heavy atom. The maximum atomic E-state index is 11.6. The molecule has 0 atom stereocenters. The predicted octanol–water partition coefficient (Wildman–Crippen LogP) is 1.40. The van der Waals surface area contributed by atoms with E-state index in [2.05, 4.69) is 20.5 Å². The van der Waals surface area contributed by atoms with Crippen molar-refractivity contribution in [3.63, 3.8) is 0 Å². The summed E-state index contributed by atoms with van der Waals surface area (Å²) < 4.78 is 5.50. The second-order valence-corrected chi connectivity index (χ2v) is 6.08. The minimum absolute atomic E-state index is 0. The number of amides is 1. The van der Waals surface area contributed by atoms with E-state index < -0.39 is 0 Å². The summed E-state index contributed by atoms with van der Waals surface area (Å²) in [5.41, 5.74) is 1.23. The third-order valence-electron chi connectivity index (χ3n) is 3.99. The molecule has 1 aliphatic carbocycles. The van der Waals surface area contributed by atoms with E-state index in [4.69, 9.17) is 4.74 Å². The van der Waals surface area contributed by atoms with Gasteiger partial charge in [-0.1, -0.05) is 12.1 Å². The molecule has 1 amide bonds. The third-order valence-corrected chi connectivity index (χ3v) is 3.99. The topological polar surface area (TPSA) is 66.0 Å². The zero-order valence-corrected chi connectivity index (χ0v) is 16.3. The number of rotatable bonds is 7. The zero-order chi connectivity index (χ0) is 16.1. The van der Waals surface area contributed by atoms with E-state index in [1.54, 1.807) is 0 Å². The van der Waals surface area contributed by atoms with Crippen molar-refractivity contribution in [3.05, 3.63) is 29.8 Å². The van der Waals surface area contributed by atoms with Crippen molar-refractivity contribution in [1.82, 2.24) is 15.5 Å². The molecular formula is C17H25IN4O2. The molecule has 1 aromatic carbocycles. The lowest BCUT2D eigenvalue weighted by Crippen LogP contribution is -2.36. The summed E-state index contributed by atoms with van der Waals surface area (Å²) in [7, 11) is 2.05. The molecule has 0 saturated heterocycles. The van der Waals surface area contributed by atoms with Crippen LogP contribution in [0.2, 0.25) is 0 Å². The van der Waals surface area contributed by atoms with Crippen LogP contribution in [0.3, 0.4) is 0 Å². The molecule has 7 heteroatoms. The molecule has 2 aliphatic rings. The lowest BCUT2D eigenvalue weighted by Gasteiger charge is -2.15. The smallest absolute Gasteiger partial charge is 0.258 e. The van der Waals surface area contributed by atoms with Gasteiger partial charge in [0.1, 0.15) is 5.75 Å². The molecule has 0 spiro atoms. The second-order valence-electron chi connectivity index (χ2n) is 6.08. The number of nitrogens with one attached hydrogen (secondary N) is 2. The lowest BCUT2D eigenvalue weighted by atomic mass is 10.1. The molecule has 1 aliphatic heterocycles. The quantitative estimate of drug-likeness (QED) is 0.625. The maximum absolute atomic E-state index is 11.6. The standard InChI is InChI=1S/C17H24N4O2.HI/c1-21-11-10-19-17(21)18-9-8-13-2-6-15(7-3-13)23-12-16(22)20-14-4-5-14;/h2-3,6-7,14H,4-5,8-12H2,1H3,(H,18,19)(H,20,22);1H. The van der Waals surface area contributed by atoms with Crippen molar-refractivity contribution in [2.45, 2.75) is 25.3 Å². The van der Waals surface area contributed by atoms with Crippen LogP contribution < -0.4 is 15.4 Å². The molecule has 3 rings (SSSR count). The van der Waals surface area contributed by atoms with Crippen LogP contribution in [0.5, 0.6) is 5.75 Å². The van der Waals surface area contributed by atoms with Gasteiger partial charge in [0.05, 0.1) is 6.54 Å². The molecule has 0 radical (unpaired) electrons. The van der Waals surface area contributed by atoms with Gasteiger partial charge >= 0.3 is 0 Å². The van der Waals surface area contributed by atoms with Crippen LogP contribution in [0.25, 0.3) is 0 Å². The van der Waals surface area contributed by atoms with E-state index in [0.717, 1.165) is 50.6 Å². The first kappa shape index (κ1) is 18.8. The molecule has 1 aromatic rings. The summed E-state index contributed by atoms with van der Waals surface area (Å²) in [6, 6.07) is 8.29. The van der Waals surface area contributed by atoms with Gasteiger partial charge in [0.2, 0.25) is 0 Å². The first-order chi connectivity index (χ1) is 11.2. The molecule has 1 saturated carbocycles. The summed E-state index contributed by atoms with van der Waals surface area (Å²) in [6.45, 7) is 2.80. The van der Waals surface area contributed by atoms with E-state index in [1.165, 1.54) is 5.56 Å². The fraction of sp³-hybridized carbons (Fsp3) is 0.529. The average Bonchev–Trinajstić information content (AvgIpc) is 3.27. The van der Waals surface area contributed by atoms with Crippen LogP contribution in [0.1, 0.15) is 18.4 Å². The monoisotopic (exact) mass is 444 g/mol. The fourth-order valence-corrected chi connectivity index (χ4v) is 2.44. The lowest BCUT2D eigenvalue weighted by molar-refractivity contribution is -0.123. The Labute approximate surface area is 160 Å². The Bertz CT molecular complexity index is 572. The number of ether oxygens (including phenoxy) is 1. The largest absolute Gasteiger partial charge is 0.484 e. The molecule has 24 heavy (non-hydrogen) atoms. The summed E-state index contributed by atoms with van der Waals surface area (Å²) in [6.07, 6.45) is 3.11. The highest BCUT2D eigenvalue weighted by Crippen LogP contribution is 2.18. The van der Waals surface area contributed by atoms with Crippen LogP contribution in [0.15, 0.2) is 29.3 Å². The van der Waals surface area contributed by atoms with Crippen molar-refractivity contribution < 1.29 is 9.53 Å². The number of halogens is 1. The van der Waals surface area contributed by atoms with Crippen LogP contribution >= 0.6 is 24.0 Å². The Kier molecular flexibility index (Phi) is 7.14. The second kappa shape index (κ2) is 9.10. The normalized spacial score (nSPS) is 16.2. The highest BCUT2D eigenvalue weighted by atomic mass is 127. The van der Waals surface area contributed by atoms with Gasteiger partial charge in [-0.3, -0.25) is 9.79 Å². The Balaban J connectivity index is 0.00000208. The summed E-state index contributed by atoms with van der Waals surface area (Å²) in [5, 5.41) is 6.26. The number of hydrogen-bond acceptors (Lipinski definition) is 5. The first-order valence-electron chi connectivity index (χ1n) is 8.21. The van der Waals surface area contributed by atoms with Crippen LogP contribution in [0.4, 0.5) is 0 Å². The van der Waals surface area contributed by atoms with Gasteiger partial charge in [-0.05, 0) is 37.0 Å². The molecule has 2 N–H and O–H groups in total. The van der Waals surface area contributed by atoms with Gasteiger partial charge in [0.15, 0.2) is 12.6 Å². The fourth-order valence-electron chi connectivity index (χ4n) is 2.44. The number of guanidine groups is 1. The van der Waals surface area contributed by atoms with Crippen LogP contribution in [-0.2, 0) is 11.2 Å². The first-order valence-corrected chi connectivity index (χ1v) is 8.21. The molecule has 0 unspecified atom stereocenters. The summed E-state index contributed by atoms with van der Waals surface area (Å²) in [5.74, 6) is 1.67. The van der Waals surface area contributed by atoms with Gasteiger partial charge in [-0.2, -0.15) is 0 Å². The third kappa shape index (κ3) is 5.85. The van der Waals surface area contributed by atoms with E-state index in [-0.39, 0.29) is 36.5 Å². The Hall–Kier alpha value is -1.51. The number of hydrogen-bond donors (Lipinski definition) is 2. The highest BCUT2D eigenvalue weighted by molar-refractivity contribution is 14.0. The predicted molar refractivity (Wildman–Crippen MR) is 105 cm³/mol. The molecule has 0 bridgehead atoms. The van der Waals surface area contributed by atoms with Gasteiger partial charge in [0, 0.05) is 26.2 Å². The minimum Gasteiger partial charge on any atom is -0.484 e. The Morgan fingerprint density at radius 1 is 1.33 bits per heavy atom. The zero-order valence-electron chi connectivity index (χ0n) is 14.0. The number of nitrogens with zero attached hydrogens (tertiary/aromatic N) is 2. The van der Waals surface area contributed by atoms with Crippen LogP contribution in [0, 0.1) is 0 Å². The number of aliphatic imine (C=N–C) groups is 1. The van der Waals surface area contributed by atoms with Crippen molar-refractivity contribution in [2.24, 2.45) is 4.99 Å². The van der Waals surface area contributed by atoms with Crippen molar-refractivity contribution >= 4 is 35.8 Å². The minimum atomic E-state index is -0.0396. The Morgan fingerprint density at radius 3 is 2.71 bits per heavy atom. The van der Waals surface area contributed by atoms with E-state index in [1.807, 2.05) is 31.3 Å². The van der Waals surface area contributed by atoms with Crippen LogP contribution in [-0.4, -0.2) is 56.1 Å². The van der Waals surface area contributed by atoms with E-state index in [9.17, 15) is 4.79 Å². The molecular weight excluding hydrogens is 419 g/mol. The molecule has 1 heterocycles. The maximum Gasteiger partial charge on any atom is 0.258 e. The molecule has 6 nitrogen and oxygen atoms in total. The van der Waals surface area contributed by atoms with Crippen molar-refractivity contribution in [1.29, 1.82) is 0 Å². The van der Waals surface area contributed by atoms with E-state index >= 15 is 0 Å². The number of benzene rings is 1. The average molecular weight is 444 g/mol.